The van der Waals surface area contributed by atoms with Gasteiger partial charge in [-0.05, 0) is 24.5 Å². The molecule has 0 spiro atoms. The Morgan fingerprint density at radius 1 is 1.16 bits per heavy atom. The van der Waals surface area contributed by atoms with Gasteiger partial charge in [-0.1, -0.05) is 49.1 Å². The number of rotatable bonds is 4. The highest BCUT2D eigenvalue weighted by Crippen LogP contribution is 2.30. The van der Waals surface area contributed by atoms with Crippen LogP contribution in [0.5, 0.6) is 0 Å². The van der Waals surface area contributed by atoms with Gasteiger partial charge in [0, 0.05) is 5.02 Å². The van der Waals surface area contributed by atoms with Gasteiger partial charge >= 0.3 is 0 Å². The normalized spacial score (nSPS) is 19.3. The summed E-state index contributed by atoms with van der Waals surface area (Å²) in [7, 11) is -3.35. The van der Waals surface area contributed by atoms with E-state index in [4.69, 9.17) is 11.6 Å². The highest BCUT2D eigenvalue weighted by atomic mass is 35.5. The molecule has 3 nitrogen and oxygen atoms in total. The van der Waals surface area contributed by atoms with Crippen LogP contribution in [0.2, 0.25) is 5.02 Å². The van der Waals surface area contributed by atoms with Gasteiger partial charge in [-0.3, -0.25) is 0 Å². The Hall–Kier alpha value is -0.580. The molecular formula is C14H19ClO3S. The molecule has 0 amide bonds. The van der Waals surface area contributed by atoms with Crippen LogP contribution in [0.1, 0.15) is 37.7 Å². The summed E-state index contributed by atoms with van der Waals surface area (Å²) >= 11 is 5.98. The Bertz CT molecular complexity index is 533. The Balaban J connectivity index is 2.09. The number of halogens is 1. The summed E-state index contributed by atoms with van der Waals surface area (Å²) in [5.74, 6) is -0.264. The Labute approximate surface area is 119 Å². The first-order valence-electron chi connectivity index (χ1n) is 6.56. The molecular weight excluding hydrogens is 284 g/mol. The molecule has 1 N–H and O–H groups in total. The van der Waals surface area contributed by atoms with Crippen LogP contribution >= 0.6 is 11.6 Å². The van der Waals surface area contributed by atoms with Gasteiger partial charge in [-0.2, -0.15) is 0 Å². The first-order valence-corrected chi connectivity index (χ1v) is 8.76. The third-order valence-electron chi connectivity index (χ3n) is 3.61. The third kappa shape index (κ3) is 4.20. The van der Waals surface area contributed by atoms with E-state index in [2.05, 4.69) is 0 Å². The summed E-state index contributed by atoms with van der Waals surface area (Å²) in [6.45, 7) is 0. The van der Waals surface area contributed by atoms with Crippen LogP contribution in [0, 0.1) is 0 Å². The quantitative estimate of drug-likeness (QED) is 0.930. The van der Waals surface area contributed by atoms with Crippen molar-refractivity contribution in [3.63, 3.8) is 0 Å². The lowest BCUT2D eigenvalue weighted by atomic mass is 9.86. The summed E-state index contributed by atoms with van der Waals surface area (Å²) < 4.78 is 24.4. The molecule has 0 bridgehead atoms. The van der Waals surface area contributed by atoms with Crippen LogP contribution < -0.4 is 0 Å². The SMILES string of the molecule is O=S(=O)(Cc1ccccc1Cl)CC1(O)CCCCC1. The van der Waals surface area contributed by atoms with E-state index in [0.717, 1.165) is 19.3 Å². The first kappa shape index (κ1) is 14.8. The largest absolute Gasteiger partial charge is 0.389 e. The Morgan fingerprint density at radius 3 is 2.42 bits per heavy atom. The van der Waals surface area contributed by atoms with E-state index in [1.54, 1.807) is 24.3 Å². The lowest BCUT2D eigenvalue weighted by Crippen LogP contribution is -2.39. The average molecular weight is 303 g/mol. The molecule has 0 heterocycles. The first-order chi connectivity index (χ1) is 8.90. The van der Waals surface area contributed by atoms with E-state index in [1.807, 2.05) is 0 Å². The molecule has 1 aromatic rings. The van der Waals surface area contributed by atoms with Gasteiger partial charge in [-0.15, -0.1) is 0 Å². The average Bonchev–Trinajstić information content (AvgIpc) is 2.31. The van der Waals surface area contributed by atoms with Crippen molar-refractivity contribution in [2.45, 2.75) is 43.5 Å². The minimum Gasteiger partial charge on any atom is -0.389 e. The summed E-state index contributed by atoms with van der Waals surface area (Å²) in [5, 5.41) is 10.8. The van der Waals surface area contributed by atoms with Crippen molar-refractivity contribution in [1.82, 2.24) is 0 Å². The zero-order valence-corrected chi connectivity index (χ0v) is 12.4. The zero-order chi connectivity index (χ0) is 13.9. The summed E-state index contributed by atoms with van der Waals surface area (Å²) in [5.41, 5.74) is -0.443. The predicted octanol–water partition coefficient (Wildman–Crippen LogP) is 2.95. The fraction of sp³-hybridized carbons (Fsp3) is 0.571. The van der Waals surface area contributed by atoms with Gasteiger partial charge in [0.25, 0.3) is 0 Å². The molecule has 0 radical (unpaired) electrons. The van der Waals surface area contributed by atoms with Gasteiger partial charge in [0.15, 0.2) is 9.84 Å². The van der Waals surface area contributed by atoms with Gasteiger partial charge in [0.05, 0.1) is 17.1 Å². The van der Waals surface area contributed by atoms with Crippen LogP contribution in [0.25, 0.3) is 0 Å². The lowest BCUT2D eigenvalue weighted by molar-refractivity contribution is 0.0257. The molecule has 19 heavy (non-hydrogen) atoms. The van der Waals surface area contributed by atoms with E-state index in [0.29, 0.717) is 23.4 Å². The number of benzene rings is 1. The highest BCUT2D eigenvalue weighted by Gasteiger charge is 2.34. The van der Waals surface area contributed by atoms with Crippen LogP contribution in [-0.2, 0) is 15.6 Å². The fourth-order valence-corrected chi connectivity index (χ4v) is 4.88. The van der Waals surface area contributed by atoms with Gasteiger partial charge in [-0.25, -0.2) is 8.42 Å². The van der Waals surface area contributed by atoms with Crippen LogP contribution in [-0.4, -0.2) is 24.9 Å². The van der Waals surface area contributed by atoms with E-state index < -0.39 is 15.4 Å². The van der Waals surface area contributed by atoms with Crippen molar-refractivity contribution >= 4 is 21.4 Å². The minimum absolute atomic E-state index is 0.102. The highest BCUT2D eigenvalue weighted by molar-refractivity contribution is 7.90. The van der Waals surface area contributed by atoms with Crippen molar-refractivity contribution in [2.75, 3.05) is 5.75 Å². The van der Waals surface area contributed by atoms with Gasteiger partial charge in [0.2, 0.25) is 0 Å². The standard InChI is InChI=1S/C14H19ClO3S/c15-13-7-3-2-6-12(13)10-19(17,18)11-14(16)8-4-1-5-9-14/h2-3,6-7,16H,1,4-5,8-11H2. The number of hydrogen-bond acceptors (Lipinski definition) is 3. The molecule has 0 atom stereocenters. The summed E-state index contributed by atoms with van der Waals surface area (Å²) in [6.07, 6.45) is 4.03. The maximum absolute atomic E-state index is 12.2. The van der Waals surface area contributed by atoms with Crippen molar-refractivity contribution in [2.24, 2.45) is 0 Å². The molecule has 0 saturated heterocycles. The van der Waals surface area contributed by atoms with E-state index >= 15 is 0 Å². The second kappa shape index (κ2) is 5.81. The second-order valence-electron chi connectivity index (χ2n) is 5.41. The van der Waals surface area contributed by atoms with Crippen molar-refractivity contribution in [1.29, 1.82) is 0 Å². The molecule has 1 aliphatic rings. The summed E-state index contributed by atoms with van der Waals surface area (Å²) in [6, 6.07) is 6.94. The Morgan fingerprint density at radius 2 is 1.79 bits per heavy atom. The van der Waals surface area contributed by atoms with Gasteiger partial charge in [0.1, 0.15) is 0 Å². The zero-order valence-electron chi connectivity index (χ0n) is 10.8. The topological polar surface area (TPSA) is 54.4 Å². The predicted molar refractivity (Wildman–Crippen MR) is 77.0 cm³/mol. The molecule has 2 rings (SSSR count). The molecule has 1 saturated carbocycles. The molecule has 0 aromatic heterocycles. The smallest absolute Gasteiger partial charge is 0.157 e. The number of hydrogen-bond donors (Lipinski definition) is 1. The number of aliphatic hydroxyl groups is 1. The molecule has 1 aliphatic carbocycles. The van der Waals surface area contributed by atoms with Gasteiger partial charge < -0.3 is 5.11 Å². The Kier molecular flexibility index (Phi) is 4.54. The van der Waals surface area contributed by atoms with Crippen molar-refractivity contribution < 1.29 is 13.5 Å². The van der Waals surface area contributed by atoms with Crippen molar-refractivity contribution in [3.8, 4) is 0 Å². The summed E-state index contributed by atoms with van der Waals surface area (Å²) in [4.78, 5) is 0. The van der Waals surface area contributed by atoms with Crippen LogP contribution in [0.15, 0.2) is 24.3 Å². The molecule has 0 unspecified atom stereocenters. The van der Waals surface area contributed by atoms with E-state index in [9.17, 15) is 13.5 Å². The van der Waals surface area contributed by atoms with Crippen LogP contribution in [0.3, 0.4) is 0 Å². The lowest BCUT2D eigenvalue weighted by Gasteiger charge is -2.31. The molecule has 106 valence electrons. The second-order valence-corrected chi connectivity index (χ2v) is 7.88. The maximum Gasteiger partial charge on any atom is 0.157 e. The third-order valence-corrected chi connectivity index (χ3v) is 5.70. The number of sulfone groups is 1. The minimum atomic E-state index is -3.35. The van der Waals surface area contributed by atoms with Crippen molar-refractivity contribution in [3.05, 3.63) is 34.9 Å². The molecule has 5 heteroatoms. The molecule has 1 fully saturated rings. The maximum atomic E-state index is 12.2. The van der Waals surface area contributed by atoms with E-state index in [1.165, 1.54) is 0 Å². The molecule has 1 aromatic carbocycles. The monoisotopic (exact) mass is 302 g/mol. The fourth-order valence-electron chi connectivity index (χ4n) is 2.67. The van der Waals surface area contributed by atoms with E-state index in [-0.39, 0.29) is 11.5 Å². The molecule has 0 aliphatic heterocycles. The van der Waals surface area contributed by atoms with Crippen LogP contribution in [0.4, 0.5) is 0 Å².